The lowest BCUT2D eigenvalue weighted by atomic mass is 10.1. The van der Waals surface area contributed by atoms with E-state index in [1.54, 1.807) is 12.1 Å². The normalized spacial score (nSPS) is 10.1. The molecule has 0 aliphatic heterocycles. The van der Waals surface area contributed by atoms with Crippen LogP contribution >= 0.6 is 0 Å². The van der Waals surface area contributed by atoms with Crippen molar-refractivity contribution in [2.75, 3.05) is 7.11 Å². The van der Waals surface area contributed by atoms with Crippen LogP contribution in [-0.2, 0) is 11.2 Å². The van der Waals surface area contributed by atoms with Gasteiger partial charge in [-0.05, 0) is 54.0 Å². The predicted octanol–water partition coefficient (Wildman–Crippen LogP) is 4.10. The number of ether oxygens (including phenoxy) is 1. The summed E-state index contributed by atoms with van der Waals surface area (Å²) in [6.07, 6.45) is 4.86. The Hall–Kier alpha value is -2.79. The molecule has 110 valence electrons. The Kier molecular flexibility index (Phi) is 5.57. The fraction of sp³-hybridized carbons (Fsp3) is 0.150. The van der Waals surface area contributed by atoms with Gasteiger partial charge in [0.05, 0.1) is 12.7 Å². The molecule has 2 aromatic carbocycles. The molecule has 0 saturated carbocycles. The second kappa shape index (κ2) is 7.85. The molecule has 2 aromatic rings. The number of aryl methyl sites for hydroxylation is 1. The molecule has 0 bridgehead atoms. The number of methoxy groups -OCH3 is 1. The number of hydrogen-bond acceptors (Lipinski definition) is 2. The average molecular weight is 290 g/mol. The van der Waals surface area contributed by atoms with Crippen molar-refractivity contribution in [3.8, 4) is 11.8 Å². The Bertz CT molecular complexity index is 711. The average Bonchev–Trinajstić information content (AvgIpc) is 2.59. The Labute approximate surface area is 131 Å². The molecular weight excluding hydrogens is 272 g/mol. The zero-order valence-electron chi connectivity index (χ0n) is 12.8. The summed E-state index contributed by atoms with van der Waals surface area (Å²) in [6, 6.07) is 15.5. The fourth-order valence-electron chi connectivity index (χ4n) is 1.93. The lowest BCUT2D eigenvalue weighted by molar-refractivity contribution is 0.0601. The van der Waals surface area contributed by atoms with Gasteiger partial charge in [-0.1, -0.05) is 43.0 Å². The molecule has 2 heteroatoms. The number of allylic oxidation sites excluding steroid dienone is 1. The second-order valence-corrected chi connectivity index (χ2v) is 4.77. The molecule has 0 spiro atoms. The van der Waals surface area contributed by atoms with Crippen LogP contribution in [0.2, 0.25) is 0 Å². The molecule has 0 aliphatic carbocycles. The topological polar surface area (TPSA) is 26.3 Å². The van der Waals surface area contributed by atoms with E-state index in [2.05, 4.69) is 47.8 Å². The first-order valence-corrected chi connectivity index (χ1v) is 7.18. The number of rotatable bonds is 3. The Morgan fingerprint density at radius 2 is 1.77 bits per heavy atom. The van der Waals surface area contributed by atoms with Gasteiger partial charge < -0.3 is 4.74 Å². The molecule has 0 unspecified atom stereocenters. The lowest BCUT2D eigenvalue weighted by Crippen LogP contribution is -2.00. The van der Waals surface area contributed by atoms with Gasteiger partial charge in [-0.2, -0.15) is 0 Å². The molecule has 0 atom stereocenters. The summed E-state index contributed by atoms with van der Waals surface area (Å²) in [5, 5.41) is 0. The maximum Gasteiger partial charge on any atom is 0.337 e. The van der Waals surface area contributed by atoms with Gasteiger partial charge in [0.15, 0.2) is 0 Å². The van der Waals surface area contributed by atoms with Crippen molar-refractivity contribution in [1.29, 1.82) is 0 Å². The first kappa shape index (κ1) is 15.6. The highest BCUT2D eigenvalue weighted by Gasteiger charge is 2.02. The summed E-state index contributed by atoms with van der Waals surface area (Å²) in [5.41, 5.74) is 3.85. The minimum atomic E-state index is -0.338. The van der Waals surface area contributed by atoms with Gasteiger partial charge in [0.2, 0.25) is 0 Å². The summed E-state index contributed by atoms with van der Waals surface area (Å²) in [6.45, 7) is 2.14. The van der Waals surface area contributed by atoms with Crippen molar-refractivity contribution in [2.45, 2.75) is 13.3 Å². The molecule has 22 heavy (non-hydrogen) atoms. The minimum absolute atomic E-state index is 0.338. The third-order valence-corrected chi connectivity index (χ3v) is 3.27. The quantitative estimate of drug-likeness (QED) is 0.628. The van der Waals surface area contributed by atoms with Gasteiger partial charge in [-0.15, -0.1) is 0 Å². The molecule has 0 saturated heterocycles. The van der Waals surface area contributed by atoms with Crippen LogP contribution in [0, 0.1) is 11.8 Å². The van der Waals surface area contributed by atoms with Gasteiger partial charge in [0.25, 0.3) is 0 Å². The van der Waals surface area contributed by atoms with Crippen LogP contribution in [0.3, 0.4) is 0 Å². The highest BCUT2D eigenvalue weighted by Crippen LogP contribution is 2.07. The van der Waals surface area contributed by atoms with Crippen molar-refractivity contribution in [2.24, 2.45) is 0 Å². The van der Waals surface area contributed by atoms with Crippen LogP contribution in [0.1, 0.15) is 34.0 Å². The van der Waals surface area contributed by atoms with Crippen molar-refractivity contribution in [1.82, 2.24) is 0 Å². The van der Waals surface area contributed by atoms with E-state index in [-0.39, 0.29) is 5.97 Å². The van der Waals surface area contributed by atoms with Gasteiger partial charge in [0, 0.05) is 5.56 Å². The van der Waals surface area contributed by atoms with E-state index < -0.39 is 0 Å². The van der Waals surface area contributed by atoms with Gasteiger partial charge >= 0.3 is 5.97 Å². The van der Waals surface area contributed by atoms with Crippen molar-refractivity contribution < 1.29 is 9.53 Å². The number of hydrogen-bond donors (Lipinski definition) is 0. The van der Waals surface area contributed by atoms with E-state index >= 15 is 0 Å². The molecule has 2 rings (SSSR count). The van der Waals surface area contributed by atoms with Gasteiger partial charge in [-0.25, -0.2) is 4.79 Å². The molecule has 2 nitrogen and oxygen atoms in total. The molecule has 0 amide bonds. The Balaban J connectivity index is 2.00. The molecule has 0 radical (unpaired) electrons. The summed E-state index contributed by atoms with van der Waals surface area (Å²) < 4.78 is 4.65. The van der Waals surface area contributed by atoms with Crippen LogP contribution in [0.4, 0.5) is 0 Å². The minimum Gasteiger partial charge on any atom is -0.465 e. The lowest BCUT2D eigenvalue weighted by Gasteiger charge is -1.97. The van der Waals surface area contributed by atoms with E-state index in [0.29, 0.717) is 5.56 Å². The van der Waals surface area contributed by atoms with Crippen LogP contribution in [0.5, 0.6) is 0 Å². The predicted molar refractivity (Wildman–Crippen MR) is 89.5 cm³/mol. The molecular formula is C20H18O2. The zero-order valence-corrected chi connectivity index (χ0v) is 12.8. The van der Waals surface area contributed by atoms with Crippen molar-refractivity contribution in [3.63, 3.8) is 0 Å². The monoisotopic (exact) mass is 290 g/mol. The smallest absolute Gasteiger partial charge is 0.337 e. The molecule has 0 fully saturated rings. The van der Waals surface area contributed by atoms with Crippen LogP contribution in [0.15, 0.2) is 54.6 Å². The van der Waals surface area contributed by atoms with Gasteiger partial charge in [0.1, 0.15) is 0 Å². The highest BCUT2D eigenvalue weighted by molar-refractivity contribution is 5.89. The van der Waals surface area contributed by atoms with Crippen LogP contribution in [0.25, 0.3) is 6.08 Å². The Morgan fingerprint density at radius 1 is 1.09 bits per heavy atom. The second-order valence-electron chi connectivity index (χ2n) is 4.77. The van der Waals surface area contributed by atoms with E-state index in [1.807, 2.05) is 24.3 Å². The standard InChI is InChI=1S/C20H18O2/c1-3-16-8-10-17(11-9-16)6-4-5-7-18-12-14-19(15-13-18)20(21)22-2/h4,6,8-15H,3H2,1-2H3/b6-4+. The number of esters is 1. The van der Waals surface area contributed by atoms with Crippen LogP contribution in [-0.4, -0.2) is 13.1 Å². The van der Waals surface area contributed by atoms with E-state index in [1.165, 1.54) is 12.7 Å². The first-order valence-electron chi connectivity index (χ1n) is 7.18. The SMILES string of the molecule is CCc1ccc(/C=C/C#Cc2ccc(C(=O)OC)cc2)cc1. The fourth-order valence-corrected chi connectivity index (χ4v) is 1.93. The molecule has 0 aliphatic rings. The third-order valence-electron chi connectivity index (χ3n) is 3.27. The largest absolute Gasteiger partial charge is 0.465 e. The van der Waals surface area contributed by atoms with E-state index in [9.17, 15) is 4.79 Å². The first-order chi connectivity index (χ1) is 10.7. The maximum absolute atomic E-state index is 11.3. The number of benzene rings is 2. The van der Waals surface area contributed by atoms with E-state index in [4.69, 9.17) is 0 Å². The summed E-state index contributed by atoms with van der Waals surface area (Å²) in [7, 11) is 1.37. The summed E-state index contributed by atoms with van der Waals surface area (Å²) >= 11 is 0. The van der Waals surface area contributed by atoms with Gasteiger partial charge in [-0.3, -0.25) is 0 Å². The maximum atomic E-state index is 11.3. The van der Waals surface area contributed by atoms with Crippen LogP contribution < -0.4 is 0 Å². The molecule has 0 aromatic heterocycles. The van der Waals surface area contributed by atoms with E-state index in [0.717, 1.165) is 17.5 Å². The Morgan fingerprint density at radius 3 is 2.36 bits per heavy atom. The summed E-state index contributed by atoms with van der Waals surface area (Å²) in [5.74, 6) is 5.69. The highest BCUT2D eigenvalue weighted by atomic mass is 16.5. The molecule has 0 N–H and O–H groups in total. The van der Waals surface area contributed by atoms with Crippen molar-refractivity contribution in [3.05, 3.63) is 76.9 Å². The third kappa shape index (κ3) is 4.36. The number of carbonyl (C=O) groups is 1. The number of carbonyl (C=O) groups excluding carboxylic acids is 1. The summed E-state index contributed by atoms with van der Waals surface area (Å²) in [4.78, 5) is 11.3. The zero-order chi connectivity index (χ0) is 15.8. The van der Waals surface area contributed by atoms with Crippen molar-refractivity contribution >= 4 is 12.0 Å². The molecule has 0 heterocycles.